The molecule has 118 valence electrons. The molecule has 1 aliphatic carbocycles. The van der Waals surface area contributed by atoms with Gasteiger partial charge < -0.3 is 15.7 Å². The van der Waals surface area contributed by atoms with Crippen molar-refractivity contribution in [2.24, 2.45) is 5.41 Å². The number of halogens is 1. The second-order valence-corrected chi connectivity index (χ2v) is 5.76. The fourth-order valence-electron chi connectivity index (χ4n) is 2.08. The number of nitrogens with one attached hydrogen (secondary N) is 2. The van der Waals surface area contributed by atoms with Crippen LogP contribution in [0.1, 0.15) is 24.8 Å². The fraction of sp³-hybridized carbons (Fsp3) is 0.400. The van der Waals surface area contributed by atoms with Crippen LogP contribution < -0.4 is 10.6 Å². The number of hydrogen-bond acceptors (Lipinski definition) is 3. The van der Waals surface area contributed by atoms with E-state index in [0.717, 1.165) is 5.56 Å². The van der Waals surface area contributed by atoms with Crippen molar-refractivity contribution >= 4 is 35.1 Å². The lowest BCUT2D eigenvalue weighted by Gasteiger charge is -2.12. The van der Waals surface area contributed by atoms with Crippen LogP contribution in [0.5, 0.6) is 0 Å². The zero-order valence-electron chi connectivity index (χ0n) is 12.1. The molecule has 1 aromatic carbocycles. The summed E-state index contributed by atoms with van der Waals surface area (Å²) in [6, 6.07) is 5.20. The quantitative estimate of drug-likeness (QED) is 0.697. The fourth-order valence-corrected chi connectivity index (χ4v) is 2.25. The van der Waals surface area contributed by atoms with Crippen LogP contribution in [0, 0.1) is 12.3 Å². The molecule has 0 saturated heterocycles. The molecule has 1 saturated carbocycles. The number of anilines is 1. The van der Waals surface area contributed by atoms with E-state index in [1.165, 1.54) is 0 Å². The van der Waals surface area contributed by atoms with Gasteiger partial charge in [0.05, 0.1) is 0 Å². The third-order valence-electron chi connectivity index (χ3n) is 3.77. The van der Waals surface area contributed by atoms with Crippen LogP contribution in [0.15, 0.2) is 18.2 Å². The van der Waals surface area contributed by atoms with Crippen LogP contribution in [0.3, 0.4) is 0 Å². The largest absolute Gasteiger partial charge is 0.480 e. The van der Waals surface area contributed by atoms with Crippen LogP contribution >= 0.6 is 11.6 Å². The molecule has 0 heterocycles. The topological polar surface area (TPSA) is 95.5 Å². The first-order valence-electron chi connectivity index (χ1n) is 6.93. The summed E-state index contributed by atoms with van der Waals surface area (Å²) in [7, 11) is 0. The highest BCUT2D eigenvalue weighted by Gasteiger charge is 2.56. The Hall–Kier alpha value is -2.08. The third-order valence-corrected chi connectivity index (χ3v) is 4.18. The Morgan fingerprint density at radius 1 is 1.32 bits per heavy atom. The first-order chi connectivity index (χ1) is 10.4. The molecule has 1 aromatic rings. The van der Waals surface area contributed by atoms with E-state index in [4.69, 9.17) is 16.7 Å². The number of carbonyl (C=O) groups is 3. The Morgan fingerprint density at radius 3 is 2.59 bits per heavy atom. The van der Waals surface area contributed by atoms with Crippen LogP contribution in [0.4, 0.5) is 5.69 Å². The maximum Gasteiger partial charge on any atom is 0.319 e. The first kappa shape index (κ1) is 16.3. The van der Waals surface area contributed by atoms with Crippen molar-refractivity contribution in [3.63, 3.8) is 0 Å². The van der Waals surface area contributed by atoms with Crippen molar-refractivity contribution in [3.05, 3.63) is 28.8 Å². The summed E-state index contributed by atoms with van der Waals surface area (Å²) in [5.41, 5.74) is 0.109. The van der Waals surface area contributed by atoms with Crippen LogP contribution in [-0.2, 0) is 14.4 Å². The Balaban J connectivity index is 1.80. The van der Waals surface area contributed by atoms with Crippen molar-refractivity contribution in [2.75, 3.05) is 11.9 Å². The Morgan fingerprint density at radius 2 is 2.00 bits per heavy atom. The monoisotopic (exact) mass is 324 g/mol. The van der Waals surface area contributed by atoms with E-state index in [0.29, 0.717) is 23.6 Å². The Labute approximate surface area is 132 Å². The number of benzene rings is 1. The molecule has 2 amide bonds. The average Bonchev–Trinajstić information content (AvgIpc) is 3.25. The number of carboxylic acids is 1. The summed E-state index contributed by atoms with van der Waals surface area (Å²) in [6.07, 6.45) is 0.761. The van der Waals surface area contributed by atoms with E-state index < -0.39 is 17.3 Å². The van der Waals surface area contributed by atoms with Crippen molar-refractivity contribution in [1.82, 2.24) is 5.32 Å². The predicted molar refractivity (Wildman–Crippen MR) is 81.7 cm³/mol. The molecule has 0 unspecified atom stereocenters. The van der Waals surface area contributed by atoms with E-state index in [9.17, 15) is 14.4 Å². The number of carboxylic acid groups (broad SMARTS) is 1. The van der Waals surface area contributed by atoms with Gasteiger partial charge in [0.15, 0.2) is 0 Å². The summed E-state index contributed by atoms with van der Waals surface area (Å²) >= 11 is 5.97. The SMILES string of the molecule is Cc1c(Cl)cccc1NC(=O)CCNC(=O)C1(C(=O)O)CC1. The van der Waals surface area contributed by atoms with Gasteiger partial charge in [-0.15, -0.1) is 0 Å². The standard InChI is InChI=1S/C15H17ClN2O4/c1-9-10(16)3-2-4-11(9)18-12(19)5-8-17-13(20)15(6-7-15)14(21)22/h2-4H,5-8H2,1H3,(H,17,20)(H,18,19)(H,21,22). The van der Waals surface area contributed by atoms with E-state index in [2.05, 4.69) is 10.6 Å². The van der Waals surface area contributed by atoms with Gasteiger partial charge in [-0.1, -0.05) is 17.7 Å². The second kappa shape index (κ2) is 6.36. The molecule has 0 spiro atoms. The zero-order chi connectivity index (χ0) is 16.3. The van der Waals surface area contributed by atoms with Gasteiger partial charge in [0.2, 0.25) is 11.8 Å². The molecule has 1 fully saturated rings. The molecular weight excluding hydrogens is 308 g/mol. The van der Waals surface area contributed by atoms with Crippen LogP contribution in [-0.4, -0.2) is 29.4 Å². The minimum absolute atomic E-state index is 0.0629. The maximum absolute atomic E-state index is 11.8. The number of aliphatic carboxylic acids is 1. The smallest absolute Gasteiger partial charge is 0.319 e. The maximum atomic E-state index is 11.8. The van der Waals surface area contributed by atoms with Crippen molar-refractivity contribution in [2.45, 2.75) is 26.2 Å². The summed E-state index contributed by atoms with van der Waals surface area (Å²) in [5.74, 6) is -1.90. The molecular formula is C15H17ClN2O4. The van der Waals surface area contributed by atoms with Gasteiger partial charge in [0.1, 0.15) is 5.41 Å². The minimum Gasteiger partial charge on any atom is -0.480 e. The van der Waals surface area contributed by atoms with E-state index in [1.54, 1.807) is 25.1 Å². The normalized spacial score (nSPS) is 15.0. The van der Waals surface area contributed by atoms with Gasteiger partial charge in [-0.2, -0.15) is 0 Å². The van der Waals surface area contributed by atoms with Gasteiger partial charge in [-0.25, -0.2) is 0 Å². The van der Waals surface area contributed by atoms with Gasteiger partial charge in [-0.05, 0) is 37.5 Å². The lowest BCUT2D eigenvalue weighted by molar-refractivity contribution is -0.149. The van der Waals surface area contributed by atoms with Gasteiger partial charge >= 0.3 is 5.97 Å². The third kappa shape index (κ3) is 3.39. The molecule has 2 rings (SSSR count). The van der Waals surface area contributed by atoms with Gasteiger partial charge in [0, 0.05) is 23.7 Å². The number of carbonyl (C=O) groups excluding carboxylic acids is 2. The van der Waals surface area contributed by atoms with E-state index >= 15 is 0 Å². The van der Waals surface area contributed by atoms with Gasteiger partial charge in [-0.3, -0.25) is 14.4 Å². The summed E-state index contributed by atoms with van der Waals surface area (Å²) in [4.78, 5) is 34.6. The highest BCUT2D eigenvalue weighted by atomic mass is 35.5. The Kier molecular flexibility index (Phi) is 4.71. The molecule has 22 heavy (non-hydrogen) atoms. The summed E-state index contributed by atoms with van der Waals surface area (Å²) in [6.45, 7) is 1.89. The molecule has 0 atom stereocenters. The molecule has 0 aromatic heterocycles. The number of rotatable bonds is 6. The number of amides is 2. The van der Waals surface area contributed by atoms with Crippen molar-refractivity contribution in [1.29, 1.82) is 0 Å². The predicted octanol–water partition coefficient (Wildman–Crippen LogP) is 1.96. The molecule has 1 aliphatic rings. The lowest BCUT2D eigenvalue weighted by atomic mass is 10.1. The van der Waals surface area contributed by atoms with Crippen molar-refractivity contribution in [3.8, 4) is 0 Å². The summed E-state index contributed by atoms with van der Waals surface area (Å²) < 4.78 is 0. The molecule has 0 bridgehead atoms. The molecule has 0 aliphatic heterocycles. The highest BCUT2D eigenvalue weighted by Crippen LogP contribution is 2.46. The minimum atomic E-state index is -1.28. The zero-order valence-corrected chi connectivity index (χ0v) is 12.9. The van der Waals surface area contributed by atoms with Gasteiger partial charge in [0.25, 0.3) is 0 Å². The van der Waals surface area contributed by atoms with Crippen molar-refractivity contribution < 1.29 is 19.5 Å². The Bertz CT molecular complexity index is 626. The van der Waals surface area contributed by atoms with E-state index in [-0.39, 0.29) is 18.9 Å². The molecule has 3 N–H and O–H groups in total. The molecule has 6 nitrogen and oxygen atoms in total. The molecule has 7 heteroatoms. The van der Waals surface area contributed by atoms with Crippen LogP contribution in [0.2, 0.25) is 5.02 Å². The molecule has 0 radical (unpaired) electrons. The summed E-state index contributed by atoms with van der Waals surface area (Å²) in [5, 5.41) is 14.8. The number of hydrogen-bond donors (Lipinski definition) is 3. The van der Waals surface area contributed by atoms with Crippen LogP contribution in [0.25, 0.3) is 0 Å². The first-order valence-corrected chi connectivity index (χ1v) is 7.31. The second-order valence-electron chi connectivity index (χ2n) is 5.35. The average molecular weight is 325 g/mol. The van der Waals surface area contributed by atoms with E-state index in [1.807, 2.05) is 0 Å². The lowest BCUT2D eigenvalue weighted by Crippen LogP contribution is -2.38. The highest BCUT2D eigenvalue weighted by molar-refractivity contribution is 6.31.